The minimum atomic E-state index is 0.0946. The molecule has 1 saturated heterocycles. The predicted molar refractivity (Wildman–Crippen MR) is 102 cm³/mol. The highest BCUT2D eigenvalue weighted by molar-refractivity contribution is 5.76. The number of hydrogen-bond donors (Lipinski definition) is 2. The molecule has 1 fully saturated rings. The summed E-state index contributed by atoms with van der Waals surface area (Å²) in [5.41, 5.74) is 2.22. The van der Waals surface area contributed by atoms with E-state index in [0.29, 0.717) is 12.8 Å². The van der Waals surface area contributed by atoms with Crippen LogP contribution in [0.2, 0.25) is 0 Å². The van der Waals surface area contributed by atoms with Crippen molar-refractivity contribution in [1.82, 2.24) is 30.4 Å². The summed E-state index contributed by atoms with van der Waals surface area (Å²) in [6, 6.07) is 4.09. The molecule has 4 rings (SSSR count). The molecule has 2 aromatic rings. The minimum Gasteiger partial charge on any atom is -0.352 e. The van der Waals surface area contributed by atoms with Gasteiger partial charge in [-0.2, -0.15) is 5.10 Å². The van der Waals surface area contributed by atoms with Crippen LogP contribution in [0.15, 0.2) is 24.5 Å². The molecule has 2 aliphatic rings. The number of hydrogen-bond acceptors (Lipinski definition) is 6. The van der Waals surface area contributed by atoms with Gasteiger partial charge in [-0.05, 0) is 37.9 Å². The molecule has 1 atom stereocenters. The van der Waals surface area contributed by atoms with E-state index in [-0.39, 0.29) is 11.9 Å². The Morgan fingerprint density at radius 3 is 3.04 bits per heavy atom. The Kier molecular flexibility index (Phi) is 5.62. The molecule has 2 aromatic heterocycles. The number of nitrogens with one attached hydrogen (secondary N) is 2. The molecular formula is C19H27N7O. The minimum absolute atomic E-state index is 0.0946. The molecule has 0 aliphatic carbocycles. The number of fused-ring (bicyclic) bond motifs is 1. The van der Waals surface area contributed by atoms with E-state index >= 15 is 0 Å². The lowest BCUT2D eigenvalue weighted by atomic mass is 10.1. The first kappa shape index (κ1) is 17.9. The average Bonchev–Trinajstić information content (AvgIpc) is 2.96. The van der Waals surface area contributed by atoms with E-state index in [4.69, 9.17) is 0 Å². The predicted octanol–water partition coefficient (Wildman–Crippen LogP) is 0.884. The zero-order valence-corrected chi connectivity index (χ0v) is 15.6. The molecule has 0 unspecified atom stereocenters. The molecule has 1 amide bonds. The van der Waals surface area contributed by atoms with E-state index in [2.05, 4.69) is 41.3 Å². The second-order valence-electron chi connectivity index (χ2n) is 7.28. The Hall–Kier alpha value is -2.48. The largest absolute Gasteiger partial charge is 0.352 e. The third kappa shape index (κ3) is 4.63. The van der Waals surface area contributed by atoms with E-state index in [9.17, 15) is 4.79 Å². The number of carbonyl (C=O) groups is 1. The molecule has 2 aliphatic heterocycles. The number of piperidine rings is 1. The highest BCUT2D eigenvalue weighted by Crippen LogP contribution is 2.16. The lowest BCUT2D eigenvalue weighted by Gasteiger charge is -2.33. The van der Waals surface area contributed by atoms with Gasteiger partial charge in [-0.1, -0.05) is 0 Å². The van der Waals surface area contributed by atoms with Crippen LogP contribution < -0.4 is 15.5 Å². The molecule has 0 bridgehead atoms. The monoisotopic (exact) mass is 369 g/mol. The summed E-state index contributed by atoms with van der Waals surface area (Å²) in [6.07, 6.45) is 7.80. The maximum absolute atomic E-state index is 12.4. The van der Waals surface area contributed by atoms with Gasteiger partial charge in [-0.15, -0.1) is 0 Å². The number of anilines is 1. The zero-order valence-electron chi connectivity index (χ0n) is 15.6. The molecule has 0 aromatic carbocycles. The molecule has 0 saturated carbocycles. The first-order valence-corrected chi connectivity index (χ1v) is 9.85. The van der Waals surface area contributed by atoms with E-state index in [1.807, 2.05) is 6.07 Å². The molecule has 0 radical (unpaired) electrons. The quantitative estimate of drug-likeness (QED) is 0.814. The normalized spacial score (nSPS) is 20.0. The van der Waals surface area contributed by atoms with Crippen molar-refractivity contribution in [1.29, 1.82) is 0 Å². The van der Waals surface area contributed by atoms with Crippen LogP contribution in [-0.4, -0.2) is 51.3 Å². The molecule has 0 spiro atoms. The summed E-state index contributed by atoms with van der Waals surface area (Å²) in [7, 11) is 0. The first-order chi connectivity index (χ1) is 13.3. The van der Waals surface area contributed by atoms with E-state index in [1.54, 1.807) is 12.4 Å². The molecule has 27 heavy (non-hydrogen) atoms. The van der Waals surface area contributed by atoms with Gasteiger partial charge in [0.25, 0.3) is 0 Å². The van der Waals surface area contributed by atoms with Gasteiger partial charge in [-0.25, -0.2) is 9.97 Å². The van der Waals surface area contributed by atoms with Crippen molar-refractivity contribution in [2.24, 2.45) is 0 Å². The number of carbonyl (C=O) groups excluding carboxylic acids is 1. The lowest BCUT2D eigenvalue weighted by molar-refractivity contribution is -0.121. The van der Waals surface area contributed by atoms with Crippen LogP contribution in [0.4, 0.5) is 5.95 Å². The van der Waals surface area contributed by atoms with Gasteiger partial charge in [0.2, 0.25) is 11.9 Å². The number of amides is 1. The molecule has 8 nitrogen and oxygen atoms in total. The molecule has 2 N–H and O–H groups in total. The van der Waals surface area contributed by atoms with Gasteiger partial charge in [0.15, 0.2) is 0 Å². The molecular weight excluding hydrogens is 342 g/mol. The smallest absolute Gasteiger partial charge is 0.225 e. The summed E-state index contributed by atoms with van der Waals surface area (Å²) in [5.74, 6) is 0.835. The van der Waals surface area contributed by atoms with Crippen molar-refractivity contribution in [3.8, 4) is 0 Å². The van der Waals surface area contributed by atoms with Gasteiger partial charge >= 0.3 is 0 Å². The van der Waals surface area contributed by atoms with Crippen LogP contribution in [0, 0.1) is 0 Å². The highest BCUT2D eigenvalue weighted by atomic mass is 16.1. The topological polar surface area (TPSA) is 88.0 Å². The Morgan fingerprint density at radius 2 is 2.15 bits per heavy atom. The van der Waals surface area contributed by atoms with E-state index in [1.165, 1.54) is 5.69 Å². The summed E-state index contributed by atoms with van der Waals surface area (Å²) >= 11 is 0. The van der Waals surface area contributed by atoms with Crippen LogP contribution in [0.3, 0.4) is 0 Å². The van der Waals surface area contributed by atoms with Crippen molar-refractivity contribution < 1.29 is 4.79 Å². The third-order valence-electron chi connectivity index (χ3n) is 5.17. The van der Waals surface area contributed by atoms with Crippen LogP contribution in [0.25, 0.3) is 0 Å². The van der Waals surface area contributed by atoms with Crippen LogP contribution >= 0.6 is 0 Å². The summed E-state index contributed by atoms with van der Waals surface area (Å²) in [5, 5.41) is 11.2. The maximum atomic E-state index is 12.4. The fourth-order valence-corrected chi connectivity index (χ4v) is 3.82. The van der Waals surface area contributed by atoms with Crippen LogP contribution in [-0.2, 0) is 24.3 Å². The van der Waals surface area contributed by atoms with Crippen molar-refractivity contribution in [2.75, 3.05) is 24.5 Å². The Balaban J connectivity index is 1.27. The fraction of sp³-hybridized carbons (Fsp3) is 0.579. The van der Waals surface area contributed by atoms with E-state index in [0.717, 1.165) is 63.6 Å². The zero-order chi connectivity index (χ0) is 18.5. The van der Waals surface area contributed by atoms with Gasteiger partial charge < -0.3 is 15.5 Å². The SMILES string of the molecule is O=C(CCc1cc2n(n1)CCCNC2)N[C@@H]1CCCN(c2ncccn2)C1. The Bertz CT molecular complexity index is 737. The summed E-state index contributed by atoms with van der Waals surface area (Å²) in [4.78, 5) is 23.2. The number of rotatable bonds is 5. The fourth-order valence-electron chi connectivity index (χ4n) is 3.82. The van der Waals surface area contributed by atoms with Crippen molar-refractivity contribution >= 4 is 11.9 Å². The highest BCUT2D eigenvalue weighted by Gasteiger charge is 2.23. The average molecular weight is 369 g/mol. The van der Waals surface area contributed by atoms with Gasteiger partial charge in [0.1, 0.15) is 0 Å². The number of nitrogens with zero attached hydrogens (tertiary/aromatic N) is 5. The summed E-state index contributed by atoms with van der Waals surface area (Å²) < 4.78 is 2.08. The molecule has 144 valence electrons. The van der Waals surface area contributed by atoms with Crippen molar-refractivity contribution in [3.63, 3.8) is 0 Å². The summed E-state index contributed by atoms with van der Waals surface area (Å²) in [6.45, 7) is 4.55. The second-order valence-corrected chi connectivity index (χ2v) is 7.28. The first-order valence-electron chi connectivity index (χ1n) is 9.85. The van der Waals surface area contributed by atoms with Crippen LogP contribution in [0.5, 0.6) is 0 Å². The van der Waals surface area contributed by atoms with Crippen LogP contribution in [0.1, 0.15) is 37.1 Å². The van der Waals surface area contributed by atoms with Gasteiger partial charge in [0.05, 0.1) is 11.4 Å². The Morgan fingerprint density at radius 1 is 1.26 bits per heavy atom. The van der Waals surface area contributed by atoms with E-state index < -0.39 is 0 Å². The van der Waals surface area contributed by atoms with Gasteiger partial charge in [0, 0.05) is 57.5 Å². The van der Waals surface area contributed by atoms with Crippen molar-refractivity contribution in [2.45, 2.75) is 51.2 Å². The molecule has 4 heterocycles. The maximum Gasteiger partial charge on any atom is 0.225 e. The number of aryl methyl sites for hydroxylation is 2. The second kappa shape index (κ2) is 8.47. The molecule has 8 heteroatoms. The number of aromatic nitrogens is 4. The van der Waals surface area contributed by atoms with Crippen molar-refractivity contribution in [3.05, 3.63) is 35.9 Å². The third-order valence-corrected chi connectivity index (χ3v) is 5.17. The van der Waals surface area contributed by atoms with Gasteiger partial charge in [-0.3, -0.25) is 9.48 Å². The lowest BCUT2D eigenvalue weighted by Crippen LogP contribution is -2.48. The Labute approximate surface area is 159 Å². The standard InChI is InChI=1S/C19H27N7O/c27-18(6-5-15-12-17-13-20-7-3-11-26(17)24-15)23-16-4-1-10-25(14-16)19-21-8-2-9-22-19/h2,8-9,12,16,20H,1,3-7,10-11,13-14H2,(H,23,27)/t16-/m1/s1.